The molecule has 1 fully saturated rings. The number of thioether (sulfide) groups is 1. The zero-order chi connectivity index (χ0) is 20.8. The summed E-state index contributed by atoms with van der Waals surface area (Å²) >= 11 is 3.68. The first-order valence-corrected chi connectivity index (χ1v) is 12.7. The van der Waals surface area contributed by atoms with E-state index in [1.807, 2.05) is 22.7 Å². The van der Waals surface area contributed by atoms with E-state index in [0.29, 0.717) is 12.3 Å². The molecule has 6 heteroatoms. The lowest BCUT2D eigenvalue weighted by Crippen LogP contribution is -2.48. The summed E-state index contributed by atoms with van der Waals surface area (Å²) in [5.74, 6) is 2.36. The lowest BCUT2D eigenvalue weighted by Gasteiger charge is -2.34. The minimum absolute atomic E-state index is 0.299. The first-order valence-electron chi connectivity index (χ1n) is 10.8. The van der Waals surface area contributed by atoms with E-state index in [4.69, 9.17) is 4.98 Å². The summed E-state index contributed by atoms with van der Waals surface area (Å²) in [6.45, 7) is 5.52. The third kappa shape index (κ3) is 5.16. The Kier molecular flexibility index (Phi) is 7.28. The van der Waals surface area contributed by atoms with Gasteiger partial charge in [0.2, 0.25) is 5.91 Å². The molecule has 0 bridgehead atoms. The van der Waals surface area contributed by atoms with Crippen LogP contribution in [0.25, 0.3) is 10.2 Å². The molecule has 2 heterocycles. The third-order valence-corrected chi connectivity index (χ3v) is 7.76. The van der Waals surface area contributed by atoms with Gasteiger partial charge in [-0.1, -0.05) is 60.7 Å². The number of aromatic nitrogens is 1. The Bertz CT molecular complexity index is 965. The summed E-state index contributed by atoms with van der Waals surface area (Å²) in [7, 11) is 0. The fourth-order valence-corrected chi connectivity index (χ4v) is 5.80. The molecule has 0 saturated carbocycles. The van der Waals surface area contributed by atoms with Gasteiger partial charge in [0.15, 0.2) is 5.13 Å². The number of anilines is 1. The number of para-hydroxylation sites is 1. The molecule has 1 aromatic heterocycles. The molecule has 0 radical (unpaired) electrons. The summed E-state index contributed by atoms with van der Waals surface area (Å²) in [5, 5.41) is 1.09. The van der Waals surface area contributed by atoms with Gasteiger partial charge < -0.3 is 9.80 Å². The summed E-state index contributed by atoms with van der Waals surface area (Å²) in [4.78, 5) is 21.9. The van der Waals surface area contributed by atoms with Gasteiger partial charge in [0.05, 0.1) is 10.2 Å². The minimum Gasteiger partial charge on any atom is -0.345 e. The second-order valence-corrected chi connectivity index (χ2v) is 9.74. The van der Waals surface area contributed by atoms with Gasteiger partial charge in [-0.2, -0.15) is 11.8 Å². The second-order valence-electron chi connectivity index (χ2n) is 7.62. The molecule has 4 nitrogen and oxygen atoms in total. The smallest absolute Gasteiger partial charge is 0.222 e. The molecule has 3 aromatic rings. The van der Waals surface area contributed by atoms with Gasteiger partial charge in [-0.25, -0.2) is 4.98 Å². The molecule has 0 spiro atoms. The van der Waals surface area contributed by atoms with Crippen molar-refractivity contribution in [2.24, 2.45) is 0 Å². The molecular weight excluding hydrogens is 410 g/mol. The monoisotopic (exact) mass is 439 g/mol. The van der Waals surface area contributed by atoms with Crippen LogP contribution in [0.3, 0.4) is 0 Å². The predicted molar refractivity (Wildman–Crippen MR) is 130 cm³/mol. The van der Waals surface area contributed by atoms with Gasteiger partial charge in [0.1, 0.15) is 0 Å². The number of carbonyl (C=O) groups is 1. The molecule has 1 aliphatic rings. The Morgan fingerprint density at radius 3 is 2.63 bits per heavy atom. The lowest BCUT2D eigenvalue weighted by atomic mass is 10.1. The Balaban J connectivity index is 1.21. The van der Waals surface area contributed by atoms with Gasteiger partial charge in [-0.05, 0) is 35.8 Å². The van der Waals surface area contributed by atoms with Crippen LogP contribution in [0, 0.1) is 0 Å². The number of carbonyl (C=O) groups excluding carboxylic acids is 1. The number of thiazole rings is 1. The zero-order valence-corrected chi connectivity index (χ0v) is 19.2. The fourth-order valence-electron chi connectivity index (χ4n) is 3.81. The van der Waals surface area contributed by atoms with Crippen molar-refractivity contribution in [3.05, 3.63) is 59.7 Å². The Hall–Kier alpha value is -2.05. The van der Waals surface area contributed by atoms with Crippen molar-refractivity contribution in [3.8, 4) is 0 Å². The normalized spacial score (nSPS) is 14.4. The Morgan fingerprint density at radius 2 is 1.87 bits per heavy atom. The number of benzene rings is 2. The van der Waals surface area contributed by atoms with Crippen LogP contribution in [-0.2, 0) is 17.0 Å². The molecule has 1 saturated heterocycles. The molecule has 0 N–H and O–H groups in total. The van der Waals surface area contributed by atoms with E-state index < -0.39 is 0 Å². The van der Waals surface area contributed by atoms with Crippen molar-refractivity contribution in [2.45, 2.75) is 31.9 Å². The molecular formula is C24H29N3OS2. The highest BCUT2D eigenvalue weighted by Gasteiger charge is 2.23. The summed E-state index contributed by atoms with van der Waals surface area (Å²) in [6.07, 6.45) is 2.61. The van der Waals surface area contributed by atoms with Crippen LogP contribution in [0.1, 0.15) is 30.9 Å². The molecule has 158 valence electrons. The topological polar surface area (TPSA) is 36.4 Å². The van der Waals surface area contributed by atoms with E-state index in [9.17, 15) is 4.79 Å². The number of hydrogen-bond acceptors (Lipinski definition) is 5. The van der Waals surface area contributed by atoms with Gasteiger partial charge >= 0.3 is 0 Å². The highest BCUT2D eigenvalue weighted by atomic mass is 32.2. The van der Waals surface area contributed by atoms with Gasteiger partial charge in [0, 0.05) is 38.4 Å². The van der Waals surface area contributed by atoms with Crippen LogP contribution in [0.15, 0.2) is 48.5 Å². The number of piperazine rings is 1. The molecule has 1 aliphatic heterocycles. The SMILES string of the molecule is CCc1cccc2sc(N3CCN(C(=O)CCCSCc4ccccc4)CC3)nc12. The standard InChI is InChI=1S/C24H29N3OS2/c1-2-20-10-6-11-21-23(20)25-24(30-21)27-15-13-26(14-16-27)22(28)12-7-17-29-18-19-8-4-3-5-9-19/h3-6,8-11H,2,7,12-18H2,1H3. The predicted octanol–water partition coefficient (Wildman–Crippen LogP) is 5.22. The van der Waals surface area contributed by atoms with Crippen LogP contribution >= 0.6 is 23.1 Å². The number of amides is 1. The van der Waals surface area contributed by atoms with Crippen LogP contribution in [0.2, 0.25) is 0 Å². The average molecular weight is 440 g/mol. The van der Waals surface area contributed by atoms with Gasteiger partial charge in [0.25, 0.3) is 0 Å². The lowest BCUT2D eigenvalue weighted by molar-refractivity contribution is -0.131. The van der Waals surface area contributed by atoms with Crippen molar-refractivity contribution < 1.29 is 4.79 Å². The van der Waals surface area contributed by atoms with Crippen LogP contribution in [0.4, 0.5) is 5.13 Å². The number of nitrogens with zero attached hydrogens (tertiary/aromatic N) is 3. The number of fused-ring (bicyclic) bond motifs is 1. The number of aryl methyl sites for hydroxylation is 1. The molecule has 0 aliphatic carbocycles. The maximum atomic E-state index is 12.6. The molecule has 0 atom stereocenters. The van der Waals surface area contributed by atoms with E-state index in [1.165, 1.54) is 15.8 Å². The number of hydrogen-bond donors (Lipinski definition) is 0. The van der Waals surface area contributed by atoms with Crippen molar-refractivity contribution in [3.63, 3.8) is 0 Å². The van der Waals surface area contributed by atoms with Gasteiger partial charge in [-0.15, -0.1) is 0 Å². The third-order valence-electron chi connectivity index (χ3n) is 5.57. The summed E-state index contributed by atoms with van der Waals surface area (Å²) in [5.41, 5.74) is 3.81. The zero-order valence-electron chi connectivity index (χ0n) is 17.5. The molecule has 1 amide bonds. The van der Waals surface area contributed by atoms with E-state index in [1.54, 1.807) is 11.3 Å². The Morgan fingerprint density at radius 1 is 1.07 bits per heavy atom. The largest absolute Gasteiger partial charge is 0.345 e. The minimum atomic E-state index is 0.299. The summed E-state index contributed by atoms with van der Waals surface area (Å²) in [6, 6.07) is 17.0. The molecule has 2 aromatic carbocycles. The van der Waals surface area contributed by atoms with E-state index in [2.05, 4.69) is 54.3 Å². The van der Waals surface area contributed by atoms with Crippen LogP contribution in [0.5, 0.6) is 0 Å². The summed E-state index contributed by atoms with van der Waals surface area (Å²) < 4.78 is 1.26. The van der Waals surface area contributed by atoms with E-state index >= 15 is 0 Å². The van der Waals surface area contributed by atoms with Gasteiger partial charge in [-0.3, -0.25) is 4.79 Å². The van der Waals surface area contributed by atoms with Crippen LogP contribution < -0.4 is 4.90 Å². The highest BCUT2D eigenvalue weighted by Crippen LogP contribution is 2.31. The van der Waals surface area contributed by atoms with Crippen molar-refractivity contribution in [2.75, 3.05) is 36.8 Å². The average Bonchev–Trinajstić information content (AvgIpc) is 3.24. The van der Waals surface area contributed by atoms with Crippen molar-refractivity contribution in [1.82, 2.24) is 9.88 Å². The maximum absolute atomic E-state index is 12.6. The van der Waals surface area contributed by atoms with Crippen molar-refractivity contribution >= 4 is 44.4 Å². The first kappa shape index (κ1) is 21.2. The first-order chi connectivity index (χ1) is 14.7. The molecule has 30 heavy (non-hydrogen) atoms. The maximum Gasteiger partial charge on any atom is 0.222 e. The van der Waals surface area contributed by atoms with E-state index in [0.717, 1.165) is 61.2 Å². The number of rotatable bonds is 8. The van der Waals surface area contributed by atoms with Crippen molar-refractivity contribution in [1.29, 1.82) is 0 Å². The second kappa shape index (κ2) is 10.3. The van der Waals surface area contributed by atoms with Crippen LogP contribution in [-0.4, -0.2) is 47.7 Å². The Labute approximate surface area is 187 Å². The molecule has 0 unspecified atom stereocenters. The molecule has 4 rings (SSSR count). The van der Waals surface area contributed by atoms with E-state index in [-0.39, 0.29) is 0 Å². The quantitative estimate of drug-likeness (QED) is 0.451. The fraction of sp³-hybridized carbons (Fsp3) is 0.417. The highest BCUT2D eigenvalue weighted by molar-refractivity contribution is 7.98.